The van der Waals surface area contributed by atoms with E-state index in [9.17, 15) is 18.0 Å². The van der Waals surface area contributed by atoms with Gasteiger partial charge in [0.05, 0.1) is 18.5 Å². The molecule has 1 aliphatic heterocycles. The minimum absolute atomic E-state index is 0.0919. The molecule has 6 heteroatoms. The lowest BCUT2D eigenvalue weighted by Crippen LogP contribution is -2.36. The van der Waals surface area contributed by atoms with Crippen LogP contribution in [0, 0.1) is 0 Å². The van der Waals surface area contributed by atoms with Gasteiger partial charge in [0.1, 0.15) is 0 Å². The maximum absolute atomic E-state index is 11.8. The van der Waals surface area contributed by atoms with E-state index in [1.54, 1.807) is 6.92 Å². The van der Waals surface area contributed by atoms with Gasteiger partial charge in [0.15, 0.2) is 0 Å². The second-order valence-corrected chi connectivity index (χ2v) is 3.98. The molecule has 0 spiro atoms. The topological polar surface area (TPSA) is 20.3 Å². The highest BCUT2D eigenvalue weighted by atomic mass is 32.2. The maximum Gasteiger partial charge on any atom is 0.401 e. The molecule has 0 N–H and O–H groups in total. The summed E-state index contributed by atoms with van der Waals surface area (Å²) < 4.78 is 35.5. The van der Waals surface area contributed by atoms with Crippen LogP contribution in [0.3, 0.4) is 0 Å². The molecule has 0 bridgehead atoms. The van der Waals surface area contributed by atoms with Gasteiger partial charge in [-0.2, -0.15) is 13.2 Å². The van der Waals surface area contributed by atoms with E-state index in [2.05, 4.69) is 0 Å². The highest BCUT2D eigenvalue weighted by Gasteiger charge is 2.37. The van der Waals surface area contributed by atoms with E-state index in [-0.39, 0.29) is 17.0 Å². The van der Waals surface area contributed by atoms with Crippen molar-refractivity contribution in [1.82, 2.24) is 4.90 Å². The monoisotopic (exact) mass is 199 g/mol. The minimum Gasteiger partial charge on any atom is -0.286 e. The van der Waals surface area contributed by atoms with Crippen molar-refractivity contribution in [3.63, 3.8) is 0 Å². The summed E-state index contributed by atoms with van der Waals surface area (Å²) in [5, 5.41) is -0.536. The van der Waals surface area contributed by atoms with Crippen molar-refractivity contribution in [2.75, 3.05) is 13.1 Å². The Morgan fingerprint density at radius 2 is 2.25 bits per heavy atom. The molecule has 1 saturated heterocycles. The fourth-order valence-electron chi connectivity index (χ4n) is 1.01. The van der Waals surface area contributed by atoms with E-state index in [0.717, 1.165) is 16.7 Å². The molecule has 1 rings (SSSR count). The number of carbonyl (C=O) groups excluding carboxylic acids is 1. The Hall–Kier alpha value is -0.230. The number of alkyl halides is 3. The molecule has 2 nitrogen and oxygen atoms in total. The molecule has 0 aromatic heterocycles. The van der Waals surface area contributed by atoms with Crippen molar-refractivity contribution in [2.45, 2.75) is 18.5 Å². The van der Waals surface area contributed by atoms with Crippen molar-refractivity contribution in [3.05, 3.63) is 0 Å². The van der Waals surface area contributed by atoms with Gasteiger partial charge in [-0.3, -0.25) is 9.69 Å². The van der Waals surface area contributed by atoms with E-state index in [4.69, 9.17) is 0 Å². The van der Waals surface area contributed by atoms with Crippen LogP contribution >= 0.6 is 11.8 Å². The number of carbonyl (C=O) groups is 1. The van der Waals surface area contributed by atoms with Crippen molar-refractivity contribution in [3.8, 4) is 0 Å². The average Bonchev–Trinajstić information content (AvgIpc) is 2.06. The summed E-state index contributed by atoms with van der Waals surface area (Å²) in [6.45, 7) is 0.513. The van der Waals surface area contributed by atoms with Gasteiger partial charge in [0.25, 0.3) is 0 Å². The second kappa shape index (κ2) is 3.26. The Kier molecular flexibility index (Phi) is 2.67. The second-order valence-electron chi connectivity index (χ2n) is 2.61. The van der Waals surface area contributed by atoms with Crippen LogP contribution in [0.2, 0.25) is 0 Å². The van der Waals surface area contributed by atoms with Crippen LogP contribution in [0.15, 0.2) is 0 Å². The first kappa shape index (κ1) is 9.85. The van der Waals surface area contributed by atoms with Crippen molar-refractivity contribution in [1.29, 1.82) is 0 Å². The van der Waals surface area contributed by atoms with Gasteiger partial charge in [0, 0.05) is 0 Å². The number of rotatable bonds is 1. The highest BCUT2D eigenvalue weighted by Crippen LogP contribution is 2.28. The van der Waals surface area contributed by atoms with Gasteiger partial charge in [-0.1, -0.05) is 11.8 Å². The fraction of sp³-hybridized carbons (Fsp3) is 0.833. The summed E-state index contributed by atoms with van der Waals surface area (Å²) in [4.78, 5) is 11.8. The van der Waals surface area contributed by atoms with E-state index >= 15 is 0 Å². The van der Waals surface area contributed by atoms with Crippen molar-refractivity contribution in [2.24, 2.45) is 0 Å². The van der Waals surface area contributed by atoms with Crippen molar-refractivity contribution < 1.29 is 18.0 Å². The summed E-state index contributed by atoms with van der Waals surface area (Å²) in [6, 6.07) is 0. The zero-order chi connectivity index (χ0) is 9.35. The molecule has 0 aromatic rings. The summed E-state index contributed by atoms with van der Waals surface area (Å²) in [7, 11) is 0. The lowest BCUT2D eigenvalue weighted by Gasteiger charge is -2.19. The van der Waals surface area contributed by atoms with Crippen LogP contribution in [-0.4, -0.2) is 34.7 Å². The van der Waals surface area contributed by atoms with E-state index < -0.39 is 12.7 Å². The Morgan fingerprint density at radius 1 is 1.67 bits per heavy atom. The Labute approximate surface area is 72.1 Å². The molecule has 1 heterocycles. The van der Waals surface area contributed by atoms with Crippen molar-refractivity contribution >= 4 is 16.9 Å². The predicted molar refractivity (Wildman–Crippen MR) is 39.7 cm³/mol. The van der Waals surface area contributed by atoms with Gasteiger partial charge in [-0.25, -0.2) is 0 Å². The third-order valence-electron chi connectivity index (χ3n) is 1.53. The summed E-state index contributed by atoms with van der Waals surface area (Å²) in [5.41, 5.74) is 0. The van der Waals surface area contributed by atoms with E-state index in [1.807, 2.05) is 0 Å². The molecule has 1 fully saturated rings. The van der Waals surface area contributed by atoms with Gasteiger partial charge >= 0.3 is 6.18 Å². The summed E-state index contributed by atoms with van der Waals surface area (Å²) >= 11 is 0.956. The average molecular weight is 199 g/mol. The third-order valence-corrected chi connectivity index (χ3v) is 2.56. The number of halogens is 3. The smallest absolute Gasteiger partial charge is 0.286 e. The third kappa shape index (κ3) is 2.67. The molecule has 1 unspecified atom stereocenters. The molecule has 0 radical (unpaired) electrons. The summed E-state index contributed by atoms with van der Waals surface area (Å²) in [6.07, 6.45) is -4.21. The first-order chi connectivity index (χ1) is 5.38. The number of hydrogen-bond donors (Lipinski definition) is 0. The summed E-state index contributed by atoms with van der Waals surface area (Å²) in [5.74, 6) is 0. The number of nitrogens with zero attached hydrogens (tertiary/aromatic N) is 1. The largest absolute Gasteiger partial charge is 0.401 e. The van der Waals surface area contributed by atoms with Gasteiger partial charge in [-0.05, 0) is 6.92 Å². The molecule has 1 aliphatic rings. The van der Waals surface area contributed by atoms with Crippen LogP contribution in [0.4, 0.5) is 13.2 Å². The fourth-order valence-corrected chi connectivity index (χ4v) is 1.93. The molecule has 70 valence electrons. The van der Waals surface area contributed by atoms with E-state index in [1.165, 1.54) is 0 Å². The molecule has 12 heavy (non-hydrogen) atoms. The predicted octanol–water partition coefficient (Wildman–Crippen LogP) is 1.47. The number of thioether (sulfide) groups is 1. The van der Waals surface area contributed by atoms with Crippen LogP contribution in [-0.2, 0) is 4.79 Å². The molecule has 1 atom stereocenters. The lowest BCUT2D eigenvalue weighted by atomic mass is 10.4. The quantitative estimate of drug-likeness (QED) is 0.637. The first-order valence-corrected chi connectivity index (χ1v) is 4.27. The molecular weight excluding hydrogens is 191 g/mol. The Bertz CT molecular complexity index is 194. The zero-order valence-electron chi connectivity index (χ0n) is 6.39. The maximum atomic E-state index is 11.8. The van der Waals surface area contributed by atoms with Crippen LogP contribution in [0.1, 0.15) is 6.92 Å². The lowest BCUT2D eigenvalue weighted by molar-refractivity contribution is -0.146. The number of hydrogen-bond acceptors (Lipinski definition) is 3. The van der Waals surface area contributed by atoms with Gasteiger partial charge in [0.2, 0.25) is 5.12 Å². The van der Waals surface area contributed by atoms with Gasteiger partial charge in [-0.15, -0.1) is 0 Å². The molecule has 0 saturated carbocycles. The minimum atomic E-state index is -4.21. The van der Waals surface area contributed by atoms with E-state index in [0.29, 0.717) is 0 Å². The molecule has 0 aromatic carbocycles. The zero-order valence-corrected chi connectivity index (χ0v) is 7.21. The Balaban J connectivity index is 2.48. The normalized spacial score (nSPS) is 26.7. The molecule has 0 aliphatic carbocycles. The van der Waals surface area contributed by atoms with Crippen LogP contribution in [0.25, 0.3) is 0 Å². The molecule has 0 amide bonds. The Morgan fingerprint density at radius 3 is 2.58 bits per heavy atom. The van der Waals surface area contributed by atoms with Crippen LogP contribution in [0.5, 0.6) is 0 Å². The standard InChI is InChI=1S/C6H8F3NOS/c1-4-10(2-5(11)12-4)3-6(7,8)9/h4H,2-3H2,1H3. The van der Waals surface area contributed by atoms with Crippen LogP contribution < -0.4 is 0 Å². The highest BCUT2D eigenvalue weighted by molar-refractivity contribution is 8.14. The SMILES string of the molecule is CC1SC(=O)CN1CC(F)(F)F. The van der Waals surface area contributed by atoms with Gasteiger partial charge < -0.3 is 0 Å². The first-order valence-electron chi connectivity index (χ1n) is 3.39. The molecular formula is C6H8F3NOS.